The van der Waals surface area contributed by atoms with E-state index in [1.54, 1.807) is 17.9 Å². The van der Waals surface area contributed by atoms with Gasteiger partial charge in [-0.05, 0) is 36.9 Å². The van der Waals surface area contributed by atoms with Crippen molar-refractivity contribution in [2.45, 2.75) is 43.6 Å². The highest BCUT2D eigenvalue weighted by molar-refractivity contribution is 5.99. The average Bonchev–Trinajstić information content (AvgIpc) is 3.17. The highest BCUT2D eigenvalue weighted by Crippen LogP contribution is 2.66. The zero-order valence-corrected chi connectivity index (χ0v) is 16.7. The number of phenolic OH excluding ortho intramolecular Hbond substituents is 1. The van der Waals surface area contributed by atoms with Crippen molar-refractivity contribution >= 4 is 11.6 Å². The van der Waals surface area contributed by atoms with Crippen LogP contribution in [0.5, 0.6) is 11.5 Å². The molecule has 7 heteroatoms. The molecule has 29 heavy (non-hydrogen) atoms. The van der Waals surface area contributed by atoms with Crippen LogP contribution in [-0.4, -0.2) is 66.2 Å². The molecule has 1 aliphatic carbocycles. The number of aliphatic hydroxyl groups is 1. The number of aliphatic hydroxyl groups excluding tert-OH is 1. The predicted octanol–water partition coefficient (Wildman–Crippen LogP) is 1.37. The molecule has 7 nitrogen and oxygen atoms in total. The molecule has 154 valence electrons. The summed E-state index contributed by atoms with van der Waals surface area (Å²) in [6.07, 6.45) is 3.03. The number of amides is 1. The van der Waals surface area contributed by atoms with Gasteiger partial charge < -0.3 is 24.6 Å². The number of rotatable bonds is 1. The number of phenols is 1. The van der Waals surface area contributed by atoms with Gasteiger partial charge in [0.25, 0.3) is 0 Å². The number of hydrogen-bond acceptors (Lipinski definition) is 6. The highest BCUT2D eigenvalue weighted by Gasteiger charge is 2.69. The quantitative estimate of drug-likeness (QED) is 0.696. The number of benzene rings is 1. The molecule has 5 aliphatic rings. The summed E-state index contributed by atoms with van der Waals surface area (Å²) < 4.78 is 11.1. The summed E-state index contributed by atoms with van der Waals surface area (Å²) in [4.78, 5) is 17.2. The summed E-state index contributed by atoms with van der Waals surface area (Å²) >= 11 is 0. The van der Waals surface area contributed by atoms with Gasteiger partial charge in [0.05, 0.1) is 25.4 Å². The van der Waals surface area contributed by atoms with Gasteiger partial charge >= 0.3 is 0 Å². The zero-order valence-electron chi connectivity index (χ0n) is 16.7. The summed E-state index contributed by atoms with van der Waals surface area (Å²) in [5.41, 5.74) is 2.56. The Morgan fingerprint density at radius 3 is 2.97 bits per heavy atom. The molecule has 4 aliphatic heterocycles. The Morgan fingerprint density at radius 2 is 2.21 bits per heavy atom. The van der Waals surface area contributed by atoms with Crippen molar-refractivity contribution in [3.63, 3.8) is 0 Å². The molecule has 2 saturated heterocycles. The van der Waals surface area contributed by atoms with Crippen LogP contribution in [0.25, 0.3) is 0 Å². The molecule has 6 rings (SSSR count). The first kappa shape index (κ1) is 17.7. The topological polar surface area (TPSA) is 82.5 Å². The number of hydrogen-bond donors (Lipinski definition) is 2. The standard InChI is InChI=1S/C22H26N2O5/c1-11(25)24-18-14(3-4-15(28-2)19(18)26)22-6-7-23-10-12-5-8-29-21(27)17(20(22)24)13(12)9-16(22)23/h3-5,13,16-17,20-21,26-27H,6-10H2,1-2H3/t13-,16-,17+,20-,21+,22+/m0/s1. The van der Waals surface area contributed by atoms with E-state index in [9.17, 15) is 15.0 Å². The van der Waals surface area contributed by atoms with Crippen LogP contribution in [-0.2, 0) is 14.9 Å². The Bertz CT molecular complexity index is 945. The minimum atomic E-state index is -0.941. The molecule has 2 bridgehead atoms. The molecule has 2 N–H and O–H groups in total. The van der Waals surface area contributed by atoms with Gasteiger partial charge in [-0.2, -0.15) is 0 Å². The molecular weight excluding hydrogens is 372 g/mol. The maximum atomic E-state index is 13.0. The average molecular weight is 398 g/mol. The van der Waals surface area contributed by atoms with Crippen LogP contribution < -0.4 is 9.64 Å². The Kier molecular flexibility index (Phi) is 3.51. The monoisotopic (exact) mass is 398 g/mol. The molecule has 1 aromatic carbocycles. The lowest BCUT2D eigenvalue weighted by Gasteiger charge is -2.56. The summed E-state index contributed by atoms with van der Waals surface area (Å²) in [6.45, 7) is 3.79. The van der Waals surface area contributed by atoms with Crippen LogP contribution in [0.2, 0.25) is 0 Å². The minimum Gasteiger partial charge on any atom is -0.503 e. The molecule has 0 radical (unpaired) electrons. The van der Waals surface area contributed by atoms with Gasteiger partial charge in [-0.15, -0.1) is 0 Å². The number of aromatic hydroxyl groups is 1. The molecule has 1 aromatic rings. The van der Waals surface area contributed by atoms with Gasteiger partial charge in [0.2, 0.25) is 5.91 Å². The number of carbonyl (C=O) groups excluding carboxylic acids is 1. The van der Waals surface area contributed by atoms with E-state index in [-0.39, 0.29) is 41.0 Å². The second kappa shape index (κ2) is 5.74. The number of carbonyl (C=O) groups is 1. The molecule has 1 amide bonds. The number of piperidine rings is 1. The smallest absolute Gasteiger partial charge is 0.224 e. The molecule has 1 spiro atoms. The minimum absolute atomic E-state index is 0.0109. The highest BCUT2D eigenvalue weighted by atomic mass is 16.6. The van der Waals surface area contributed by atoms with E-state index in [1.165, 1.54) is 12.7 Å². The van der Waals surface area contributed by atoms with Gasteiger partial charge in [-0.25, -0.2) is 0 Å². The van der Waals surface area contributed by atoms with E-state index in [1.807, 2.05) is 6.07 Å². The van der Waals surface area contributed by atoms with Gasteiger partial charge in [0.15, 0.2) is 17.8 Å². The van der Waals surface area contributed by atoms with Crippen molar-refractivity contribution in [3.8, 4) is 11.5 Å². The van der Waals surface area contributed by atoms with Gasteiger partial charge in [-0.3, -0.25) is 9.69 Å². The zero-order chi connectivity index (χ0) is 20.1. The molecule has 0 unspecified atom stereocenters. The van der Waals surface area contributed by atoms with Crippen LogP contribution in [0.3, 0.4) is 0 Å². The number of nitrogens with zero attached hydrogens (tertiary/aromatic N) is 2. The van der Waals surface area contributed by atoms with Crippen molar-refractivity contribution in [2.24, 2.45) is 11.8 Å². The van der Waals surface area contributed by atoms with E-state index in [0.717, 1.165) is 31.5 Å². The third-order valence-corrected chi connectivity index (χ3v) is 8.18. The third kappa shape index (κ3) is 1.96. The fraction of sp³-hybridized carbons (Fsp3) is 0.591. The van der Waals surface area contributed by atoms with Gasteiger partial charge in [0, 0.05) is 30.8 Å². The predicted molar refractivity (Wildman–Crippen MR) is 105 cm³/mol. The lowest BCUT2D eigenvalue weighted by molar-refractivity contribution is -0.156. The molecule has 1 saturated carbocycles. The molecule has 4 heterocycles. The maximum absolute atomic E-state index is 13.0. The number of fused-ring (bicyclic) bond motifs is 2. The van der Waals surface area contributed by atoms with Crippen molar-refractivity contribution in [1.29, 1.82) is 0 Å². The first-order valence-corrected chi connectivity index (χ1v) is 10.4. The van der Waals surface area contributed by atoms with Gasteiger partial charge in [0.1, 0.15) is 0 Å². The normalized spacial score (nSPS) is 39.5. The van der Waals surface area contributed by atoms with Crippen LogP contribution in [0.4, 0.5) is 5.69 Å². The summed E-state index contributed by atoms with van der Waals surface area (Å²) in [5, 5.41) is 22.1. The molecule has 0 aromatic heterocycles. The van der Waals surface area contributed by atoms with E-state index in [2.05, 4.69) is 11.0 Å². The van der Waals surface area contributed by atoms with Gasteiger partial charge in [-0.1, -0.05) is 17.7 Å². The molecule has 6 atom stereocenters. The first-order chi connectivity index (χ1) is 14.0. The van der Waals surface area contributed by atoms with Crippen LogP contribution >= 0.6 is 0 Å². The van der Waals surface area contributed by atoms with Crippen molar-refractivity contribution in [1.82, 2.24) is 4.90 Å². The molecule has 3 fully saturated rings. The Balaban J connectivity index is 1.65. The Labute approximate surface area is 169 Å². The number of anilines is 1. The Morgan fingerprint density at radius 1 is 1.38 bits per heavy atom. The maximum Gasteiger partial charge on any atom is 0.224 e. The number of methoxy groups -OCH3 is 1. The third-order valence-electron chi connectivity index (χ3n) is 8.18. The summed E-state index contributed by atoms with van der Waals surface area (Å²) in [5.74, 6) is 0.210. The van der Waals surface area contributed by atoms with E-state index in [4.69, 9.17) is 9.47 Å². The largest absolute Gasteiger partial charge is 0.503 e. The fourth-order valence-electron chi connectivity index (χ4n) is 7.23. The summed E-state index contributed by atoms with van der Waals surface area (Å²) in [6, 6.07) is 3.85. The first-order valence-electron chi connectivity index (χ1n) is 10.4. The summed E-state index contributed by atoms with van der Waals surface area (Å²) in [7, 11) is 1.52. The van der Waals surface area contributed by atoms with E-state index in [0.29, 0.717) is 18.0 Å². The lowest BCUT2D eigenvalue weighted by Crippen LogP contribution is -2.66. The molecular formula is C22H26N2O5. The van der Waals surface area contributed by atoms with E-state index < -0.39 is 6.29 Å². The van der Waals surface area contributed by atoms with Crippen molar-refractivity contribution in [2.75, 3.05) is 31.7 Å². The van der Waals surface area contributed by atoms with Crippen molar-refractivity contribution < 1.29 is 24.5 Å². The van der Waals surface area contributed by atoms with E-state index >= 15 is 0 Å². The Hall–Kier alpha value is -2.09. The lowest BCUT2D eigenvalue weighted by atomic mass is 9.55. The fourth-order valence-corrected chi connectivity index (χ4v) is 7.23. The second-order valence-electron chi connectivity index (χ2n) is 9.05. The van der Waals surface area contributed by atoms with Crippen LogP contribution in [0.15, 0.2) is 23.8 Å². The second-order valence-corrected chi connectivity index (χ2v) is 9.05. The van der Waals surface area contributed by atoms with Crippen LogP contribution in [0, 0.1) is 11.8 Å². The van der Waals surface area contributed by atoms with Crippen LogP contribution in [0.1, 0.15) is 25.3 Å². The van der Waals surface area contributed by atoms with Crippen molar-refractivity contribution in [3.05, 3.63) is 29.3 Å². The number of ether oxygens (including phenoxy) is 2. The SMILES string of the molecule is COc1ccc2c(c1O)N(C(C)=O)[C@H]1[C@@H]3[C@H](O)OCC=C4CN5CC[C@]21[C@@H]5C[C@@H]43.